The summed E-state index contributed by atoms with van der Waals surface area (Å²) in [6.07, 6.45) is 4.02. The molecule has 1 aliphatic heterocycles. The van der Waals surface area contributed by atoms with Gasteiger partial charge in [-0.05, 0) is 41.8 Å². The van der Waals surface area contributed by atoms with Crippen LogP contribution in [0.1, 0.15) is 5.56 Å². The van der Waals surface area contributed by atoms with Gasteiger partial charge in [0, 0.05) is 17.7 Å². The lowest BCUT2D eigenvalue weighted by atomic mass is 10.0. The van der Waals surface area contributed by atoms with Crippen LogP contribution in [0.15, 0.2) is 76.8 Å². The zero-order valence-corrected chi connectivity index (χ0v) is 13.8. The first-order valence-corrected chi connectivity index (χ1v) is 8.71. The van der Waals surface area contributed by atoms with Gasteiger partial charge in [-0.1, -0.05) is 11.2 Å². The van der Waals surface area contributed by atoms with Crippen molar-refractivity contribution in [2.75, 3.05) is 0 Å². The average Bonchev–Trinajstić information content (AvgIpc) is 3.24. The lowest BCUT2D eigenvalue weighted by Crippen LogP contribution is -2.19. The van der Waals surface area contributed by atoms with Crippen molar-refractivity contribution in [2.45, 2.75) is 0 Å². The van der Waals surface area contributed by atoms with Crippen LogP contribution in [0, 0.1) is 5.82 Å². The molecule has 3 nitrogen and oxygen atoms in total. The molecule has 0 radical (unpaired) electrons. The standard InChI is InChI=1S/C20H12FN2OS/c21-14-4-6-15(7-5-14)23-10-9-18(23)13-3-8-17-16(12-13)20(24-22-17)19-2-1-11-25-19/h1-12H/q+1. The second-order valence-electron chi connectivity index (χ2n) is 5.77. The Hall–Kier alpha value is -3.05. The van der Waals surface area contributed by atoms with Gasteiger partial charge in [0.25, 0.3) is 0 Å². The molecule has 0 saturated heterocycles. The lowest BCUT2D eigenvalue weighted by Gasteiger charge is -2.09. The summed E-state index contributed by atoms with van der Waals surface area (Å²) < 4.78 is 20.7. The summed E-state index contributed by atoms with van der Waals surface area (Å²) in [6.45, 7) is 0. The average molecular weight is 347 g/mol. The van der Waals surface area contributed by atoms with E-state index >= 15 is 0 Å². The first kappa shape index (κ1) is 14.3. The summed E-state index contributed by atoms with van der Waals surface area (Å²) in [4.78, 5) is 1.06. The van der Waals surface area contributed by atoms with Crippen LogP contribution in [0.3, 0.4) is 0 Å². The number of nitrogens with zero attached hydrogens (tertiary/aromatic N) is 2. The van der Waals surface area contributed by atoms with Crippen molar-refractivity contribution < 1.29 is 13.5 Å². The van der Waals surface area contributed by atoms with Crippen LogP contribution in [0.4, 0.5) is 10.1 Å². The minimum Gasteiger partial charge on any atom is -0.354 e. The maximum absolute atomic E-state index is 13.2. The third-order valence-corrected chi connectivity index (χ3v) is 5.13. The number of benzene rings is 2. The normalized spacial score (nSPS) is 13.5. The van der Waals surface area contributed by atoms with Gasteiger partial charge in [0.05, 0.1) is 16.3 Å². The largest absolute Gasteiger partial charge is 0.354 e. The molecule has 120 valence electrons. The van der Waals surface area contributed by atoms with Crippen LogP contribution in [-0.2, 0) is 0 Å². The molecule has 0 amide bonds. The number of fused-ring (bicyclic) bond motifs is 1. The fraction of sp³-hybridized carbons (Fsp3) is 0. The number of rotatable bonds is 3. The molecule has 5 rings (SSSR count). The molecule has 0 N–H and O–H groups in total. The Kier molecular flexibility index (Phi) is 3.15. The molecule has 0 aliphatic carbocycles. The minimum absolute atomic E-state index is 0.235. The van der Waals surface area contributed by atoms with E-state index in [4.69, 9.17) is 4.52 Å². The highest BCUT2D eigenvalue weighted by Gasteiger charge is 2.25. The van der Waals surface area contributed by atoms with E-state index in [-0.39, 0.29) is 5.82 Å². The monoisotopic (exact) mass is 347 g/mol. The number of allylic oxidation sites excluding steroid dienone is 1. The smallest absolute Gasteiger partial charge is 0.224 e. The third kappa shape index (κ3) is 2.32. The molecule has 0 bridgehead atoms. The summed E-state index contributed by atoms with van der Waals surface area (Å²) in [5, 5.41) is 7.17. The second-order valence-corrected chi connectivity index (χ2v) is 6.72. The van der Waals surface area contributed by atoms with Crippen LogP contribution in [0.25, 0.3) is 21.5 Å². The van der Waals surface area contributed by atoms with Gasteiger partial charge in [0.2, 0.25) is 11.4 Å². The van der Waals surface area contributed by atoms with Crippen LogP contribution in [-0.4, -0.2) is 15.4 Å². The number of aromatic nitrogens is 1. The zero-order chi connectivity index (χ0) is 16.8. The summed E-state index contributed by atoms with van der Waals surface area (Å²) in [7, 11) is 0. The molecule has 0 unspecified atom stereocenters. The van der Waals surface area contributed by atoms with Gasteiger partial charge in [-0.25, -0.2) is 4.39 Å². The topological polar surface area (TPSA) is 29.0 Å². The predicted molar refractivity (Wildman–Crippen MR) is 96.9 cm³/mol. The molecular weight excluding hydrogens is 335 g/mol. The fourth-order valence-corrected chi connectivity index (χ4v) is 3.69. The summed E-state index contributed by atoms with van der Waals surface area (Å²) >= 11 is 1.63. The first-order valence-electron chi connectivity index (χ1n) is 7.83. The van der Waals surface area contributed by atoms with Crippen molar-refractivity contribution in [1.29, 1.82) is 0 Å². The molecule has 2 aromatic heterocycles. The van der Waals surface area contributed by atoms with Crippen LogP contribution in [0.2, 0.25) is 0 Å². The van der Waals surface area contributed by atoms with E-state index in [1.807, 2.05) is 46.5 Å². The SMILES string of the molecule is Fc1ccc([N+]2=C(c3ccc4noc(-c5cccs5)c4c3)C=C2)cc1. The number of hydrogen-bond acceptors (Lipinski definition) is 3. The van der Waals surface area contributed by atoms with Gasteiger partial charge in [-0.15, -0.1) is 11.3 Å². The van der Waals surface area contributed by atoms with Crippen molar-refractivity contribution in [3.8, 4) is 10.6 Å². The van der Waals surface area contributed by atoms with E-state index in [0.717, 1.165) is 38.5 Å². The Balaban J connectivity index is 1.62. The van der Waals surface area contributed by atoms with Crippen molar-refractivity contribution in [1.82, 2.24) is 5.16 Å². The molecule has 0 fully saturated rings. The third-order valence-electron chi connectivity index (χ3n) is 4.26. The van der Waals surface area contributed by atoms with Gasteiger partial charge in [0.15, 0.2) is 12.0 Å². The van der Waals surface area contributed by atoms with Gasteiger partial charge in [-0.2, -0.15) is 4.58 Å². The Morgan fingerprint density at radius 2 is 1.92 bits per heavy atom. The van der Waals surface area contributed by atoms with Gasteiger partial charge in [0.1, 0.15) is 11.3 Å². The Labute approximate surface area is 147 Å². The maximum atomic E-state index is 13.2. The molecule has 3 heterocycles. The van der Waals surface area contributed by atoms with E-state index < -0.39 is 0 Å². The molecule has 0 atom stereocenters. The van der Waals surface area contributed by atoms with E-state index in [9.17, 15) is 4.39 Å². The van der Waals surface area contributed by atoms with Gasteiger partial charge >= 0.3 is 0 Å². The number of hydrogen-bond donors (Lipinski definition) is 0. The van der Waals surface area contributed by atoms with E-state index in [2.05, 4.69) is 11.2 Å². The Morgan fingerprint density at radius 3 is 2.64 bits per heavy atom. The minimum atomic E-state index is -0.235. The van der Waals surface area contributed by atoms with Crippen molar-refractivity contribution >= 4 is 33.6 Å². The highest BCUT2D eigenvalue weighted by Crippen LogP contribution is 2.33. The Bertz CT molecular complexity index is 1140. The van der Waals surface area contributed by atoms with Crippen LogP contribution >= 0.6 is 11.3 Å². The summed E-state index contributed by atoms with van der Waals surface area (Å²) in [5.41, 5.74) is 3.90. The summed E-state index contributed by atoms with van der Waals surface area (Å²) in [6, 6.07) is 16.6. The molecule has 4 aromatic rings. The van der Waals surface area contributed by atoms with Crippen molar-refractivity contribution in [2.24, 2.45) is 0 Å². The van der Waals surface area contributed by atoms with E-state index in [1.165, 1.54) is 12.1 Å². The Morgan fingerprint density at radius 1 is 1.04 bits per heavy atom. The molecule has 1 aliphatic rings. The van der Waals surface area contributed by atoms with Crippen LogP contribution < -0.4 is 0 Å². The lowest BCUT2D eigenvalue weighted by molar-refractivity contribution is -0.370. The molecule has 0 spiro atoms. The second kappa shape index (κ2) is 5.50. The van der Waals surface area contributed by atoms with Gasteiger partial charge in [-0.3, -0.25) is 0 Å². The highest BCUT2D eigenvalue weighted by molar-refractivity contribution is 7.13. The van der Waals surface area contributed by atoms with Crippen molar-refractivity contribution in [3.63, 3.8) is 0 Å². The molecular formula is C20H12FN2OS+. The van der Waals surface area contributed by atoms with Gasteiger partial charge < -0.3 is 4.52 Å². The predicted octanol–water partition coefficient (Wildman–Crippen LogP) is 5.36. The number of thiophene rings is 1. The fourth-order valence-electron chi connectivity index (χ4n) is 2.97. The molecule has 5 heteroatoms. The molecule has 0 saturated carbocycles. The quantitative estimate of drug-likeness (QED) is 0.467. The summed E-state index contributed by atoms with van der Waals surface area (Å²) in [5.74, 6) is 0.561. The van der Waals surface area contributed by atoms with Crippen LogP contribution in [0.5, 0.6) is 0 Å². The highest BCUT2D eigenvalue weighted by atomic mass is 32.1. The van der Waals surface area contributed by atoms with E-state index in [1.54, 1.807) is 23.5 Å². The maximum Gasteiger partial charge on any atom is 0.224 e. The zero-order valence-electron chi connectivity index (χ0n) is 13.0. The molecule has 2 aromatic carbocycles. The first-order chi connectivity index (χ1) is 12.3. The number of halogens is 1. The van der Waals surface area contributed by atoms with Crippen molar-refractivity contribution in [3.05, 3.63) is 83.6 Å². The molecule has 25 heavy (non-hydrogen) atoms. The van der Waals surface area contributed by atoms with E-state index in [0.29, 0.717) is 0 Å².